The summed E-state index contributed by atoms with van der Waals surface area (Å²) in [7, 11) is 0. The first kappa shape index (κ1) is 18.3. The summed E-state index contributed by atoms with van der Waals surface area (Å²) in [6.07, 6.45) is 2.82. The van der Waals surface area contributed by atoms with Crippen LogP contribution < -0.4 is 10.6 Å². The Kier molecular flexibility index (Phi) is 5.94. The molecule has 0 bridgehead atoms. The quantitative estimate of drug-likeness (QED) is 0.644. The second kappa shape index (κ2) is 8.14. The minimum atomic E-state index is -1.68. The van der Waals surface area contributed by atoms with E-state index < -0.39 is 41.5 Å². The van der Waals surface area contributed by atoms with Gasteiger partial charge in [0.2, 0.25) is 11.8 Å². The molecular formula is C18H15F3N2O2. The van der Waals surface area contributed by atoms with Crippen LogP contribution in [-0.4, -0.2) is 18.4 Å². The third-order valence-corrected chi connectivity index (χ3v) is 3.24. The lowest BCUT2D eigenvalue weighted by Crippen LogP contribution is -2.32. The van der Waals surface area contributed by atoms with Crippen molar-refractivity contribution in [1.82, 2.24) is 5.32 Å². The maximum Gasteiger partial charge on any atom is 0.244 e. The number of nitrogens with one attached hydrogen (secondary N) is 2. The summed E-state index contributed by atoms with van der Waals surface area (Å²) >= 11 is 0. The monoisotopic (exact) mass is 348 g/mol. The first-order valence-corrected chi connectivity index (χ1v) is 7.33. The fourth-order valence-corrected chi connectivity index (χ4v) is 1.89. The van der Waals surface area contributed by atoms with Gasteiger partial charge in [-0.1, -0.05) is 29.8 Å². The van der Waals surface area contributed by atoms with Gasteiger partial charge in [0, 0.05) is 6.08 Å². The average Bonchev–Trinajstić information content (AvgIpc) is 2.60. The molecule has 0 spiro atoms. The molecule has 0 saturated heterocycles. The number of anilines is 1. The van der Waals surface area contributed by atoms with Gasteiger partial charge in [0.25, 0.3) is 0 Å². The molecule has 130 valence electrons. The molecule has 2 N–H and O–H groups in total. The van der Waals surface area contributed by atoms with Crippen LogP contribution in [0.4, 0.5) is 18.9 Å². The molecule has 7 heteroatoms. The third kappa shape index (κ3) is 5.20. The van der Waals surface area contributed by atoms with Crippen LogP contribution in [0.15, 0.2) is 42.5 Å². The van der Waals surface area contributed by atoms with Crippen LogP contribution in [0.1, 0.15) is 11.1 Å². The molecule has 0 fully saturated rings. The summed E-state index contributed by atoms with van der Waals surface area (Å²) in [4.78, 5) is 23.3. The van der Waals surface area contributed by atoms with Crippen LogP contribution in [0.3, 0.4) is 0 Å². The van der Waals surface area contributed by atoms with Crippen molar-refractivity contribution in [3.63, 3.8) is 0 Å². The zero-order chi connectivity index (χ0) is 18.4. The van der Waals surface area contributed by atoms with Crippen LogP contribution in [0.25, 0.3) is 6.08 Å². The van der Waals surface area contributed by atoms with Gasteiger partial charge in [-0.05, 0) is 30.7 Å². The molecule has 0 unspecified atom stereocenters. The van der Waals surface area contributed by atoms with Crippen LogP contribution >= 0.6 is 0 Å². The van der Waals surface area contributed by atoms with Gasteiger partial charge in [0.1, 0.15) is 0 Å². The van der Waals surface area contributed by atoms with E-state index in [1.807, 2.05) is 31.2 Å². The first-order chi connectivity index (χ1) is 11.9. The Hall–Kier alpha value is -3.09. The number of amides is 2. The highest BCUT2D eigenvalue weighted by molar-refractivity contribution is 5.98. The zero-order valence-corrected chi connectivity index (χ0v) is 13.3. The summed E-state index contributed by atoms with van der Waals surface area (Å²) in [5.41, 5.74) is 1.39. The number of benzene rings is 2. The number of hydrogen-bond donors (Lipinski definition) is 2. The van der Waals surface area contributed by atoms with E-state index in [0.29, 0.717) is 6.07 Å². The Labute approximate surface area is 142 Å². The Bertz CT molecular complexity index is 818. The highest BCUT2D eigenvalue weighted by Crippen LogP contribution is 2.19. The lowest BCUT2D eigenvalue weighted by atomic mass is 10.1. The zero-order valence-electron chi connectivity index (χ0n) is 13.3. The van der Waals surface area contributed by atoms with Crippen molar-refractivity contribution in [2.24, 2.45) is 0 Å². The lowest BCUT2D eigenvalue weighted by molar-refractivity contribution is -0.121. The van der Waals surface area contributed by atoms with Crippen molar-refractivity contribution >= 4 is 23.6 Å². The number of carbonyl (C=O) groups is 2. The number of rotatable bonds is 5. The molecule has 2 aromatic rings. The summed E-state index contributed by atoms with van der Waals surface area (Å²) in [6, 6.07) is 9.03. The van der Waals surface area contributed by atoms with Gasteiger partial charge in [0.05, 0.1) is 12.2 Å². The number of aryl methyl sites for hydroxylation is 1. The lowest BCUT2D eigenvalue weighted by Gasteiger charge is -2.07. The molecular weight excluding hydrogens is 333 g/mol. The fraction of sp³-hybridized carbons (Fsp3) is 0.111. The number of carbonyl (C=O) groups excluding carboxylic acids is 2. The maximum absolute atomic E-state index is 13.4. The SMILES string of the molecule is Cc1ccc(C=CC(=O)NCC(=O)Nc2ccc(F)c(F)c2F)cc1. The van der Waals surface area contributed by atoms with E-state index in [9.17, 15) is 22.8 Å². The maximum atomic E-state index is 13.4. The van der Waals surface area contributed by atoms with E-state index >= 15 is 0 Å². The predicted molar refractivity (Wildman–Crippen MR) is 88.2 cm³/mol. The minimum absolute atomic E-state index is 0.449. The van der Waals surface area contributed by atoms with Crippen molar-refractivity contribution < 1.29 is 22.8 Å². The second-order valence-electron chi connectivity index (χ2n) is 5.23. The molecule has 0 aliphatic rings. The van der Waals surface area contributed by atoms with Crippen molar-refractivity contribution in [3.8, 4) is 0 Å². The summed E-state index contributed by atoms with van der Waals surface area (Å²) in [5.74, 6) is -5.84. The van der Waals surface area contributed by atoms with E-state index in [0.717, 1.165) is 17.2 Å². The standard InChI is InChI=1S/C18H15F3N2O2/c1-11-2-4-12(5-3-11)6-9-15(24)22-10-16(25)23-14-8-7-13(19)17(20)18(14)21/h2-9H,10H2,1H3,(H,22,24)(H,23,25). The first-order valence-electron chi connectivity index (χ1n) is 7.33. The molecule has 2 rings (SSSR count). The minimum Gasteiger partial charge on any atom is -0.343 e. The fourth-order valence-electron chi connectivity index (χ4n) is 1.89. The molecule has 0 aliphatic carbocycles. The highest BCUT2D eigenvalue weighted by Gasteiger charge is 2.15. The van der Waals surface area contributed by atoms with Crippen LogP contribution in [0.5, 0.6) is 0 Å². The highest BCUT2D eigenvalue weighted by atomic mass is 19.2. The smallest absolute Gasteiger partial charge is 0.244 e. The molecule has 25 heavy (non-hydrogen) atoms. The summed E-state index contributed by atoms with van der Waals surface area (Å²) < 4.78 is 39.3. The molecule has 0 saturated carbocycles. The molecule has 4 nitrogen and oxygen atoms in total. The Balaban J connectivity index is 1.86. The Morgan fingerprint density at radius 2 is 1.68 bits per heavy atom. The van der Waals surface area contributed by atoms with Gasteiger partial charge in [-0.25, -0.2) is 13.2 Å². The van der Waals surface area contributed by atoms with Crippen molar-refractivity contribution in [2.45, 2.75) is 6.92 Å². The largest absolute Gasteiger partial charge is 0.343 e. The molecule has 0 aromatic heterocycles. The van der Waals surface area contributed by atoms with E-state index in [2.05, 4.69) is 10.6 Å². The molecule has 0 atom stereocenters. The molecule has 0 heterocycles. The van der Waals surface area contributed by atoms with E-state index in [1.165, 1.54) is 6.08 Å². The molecule has 2 aromatic carbocycles. The van der Waals surface area contributed by atoms with Crippen LogP contribution in [0, 0.1) is 24.4 Å². The van der Waals surface area contributed by atoms with E-state index in [1.54, 1.807) is 6.08 Å². The normalized spacial score (nSPS) is 10.7. The Morgan fingerprint density at radius 3 is 2.36 bits per heavy atom. The number of hydrogen-bond acceptors (Lipinski definition) is 2. The van der Waals surface area contributed by atoms with Gasteiger partial charge in [-0.15, -0.1) is 0 Å². The van der Waals surface area contributed by atoms with E-state index in [4.69, 9.17) is 0 Å². The van der Waals surface area contributed by atoms with Gasteiger partial charge < -0.3 is 10.6 Å². The van der Waals surface area contributed by atoms with Gasteiger partial charge in [-0.2, -0.15) is 0 Å². The summed E-state index contributed by atoms with van der Waals surface area (Å²) in [6.45, 7) is 1.49. The van der Waals surface area contributed by atoms with Crippen LogP contribution in [-0.2, 0) is 9.59 Å². The third-order valence-electron chi connectivity index (χ3n) is 3.24. The molecule has 0 radical (unpaired) electrons. The van der Waals surface area contributed by atoms with Gasteiger partial charge in [-0.3, -0.25) is 9.59 Å². The van der Waals surface area contributed by atoms with Gasteiger partial charge in [0.15, 0.2) is 17.5 Å². The molecule has 0 aliphatic heterocycles. The second-order valence-corrected chi connectivity index (χ2v) is 5.23. The number of halogens is 3. The topological polar surface area (TPSA) is 58.2 Å². The van der Waals surface area contributed by atoms with Crippen molar-refractivity contribution in [3.05, 3.63) is 71.1 Å². The van der Waals surface area contributed by atoms with Crippen molar-refractivity contribution in [2.75, 3.05) is 11.9 Å². The van der Waals surface area contributed by atoms with Crippen molar-refractivity contribution in [1.29, 1.82) is 0 Å². The van der Waals surface area contributed by atoms with Crippen LogP contribution in [0.2, 0.25) is 0 Å². The predicted octanol–water partition coefficient (Wildman–Crippen LogP) is 3.18. The summed E-state index contributed by atoms with van der Waals surface area (Å²) in [5, 5.41) is 4.36. The van der Waals surface area contributed by atoms with Gasteiger partial charge >= 0.3 is 0 Å². The molecule has 2 amide bonds. The van der Waals surface area contributed by atoms with E-state index in [-0.39, 0.29) is 0 Å². The average molecular weight is 348 g/mol. The Morgan fingerprint density at radius 1 is 1.00 bits per heavy atom.